The summed E-state index contributed by atoms with van der Waals surface area (Å²) in [6.07, 6.45) is 4.51. The number of hydrogen-bond donors (Lipinski definition) is 0. The van der Waals surface area contributed by atoms with Gasteiger partial charge in [0.2, 0.25) is 10.0 Å². The van der Waals surface area contributed by atoms with Crippen molar-refractivity contribution in [2.45, 2.75) is 32.4 Å². The van der Waals surface area contributed by atoms with E-state index < -0.39 is 10.0 Å². The average molecular weight is 299 g/mol. The first-order valence-corrected chi connectivity index (χ1v) is 8.86. The van der Waals surface area contributed by atoms with E-state index in [1.54, 1.807) is 0 Å². The average Bonchev–Trinajstić information content (AvgIpc) is 3.14. The van der Waals surface area contributed by atoms with Crippen LogP contribution in [0.4, 0.5) is 0 Å². The molecule has 0 spiro atoms. The van der Waals surface area contributed by atoms with Crippen LogP contribution in [0, 0.1) is 5.92 Å². The molecular formula is C13H21N3O3S. The summed E-state index contributed by atoms with van der Waals surface area (Å²) in [6.45, 7) is 2.23. The Balaban J connectivity index is 1.75. The van der Waals surface area contributed by atoms with Crippen LogP contribution in [0.15, 0.2) is 0 Å². The van der Waals surface area contributed by atoms with Crippen molar-refractivity contribution < 1.29 is 13.2 Å². The Morgan fingerprint density at radius 3 is 2.80 bits per heavy atom. The molecule has 0 bridgehead atoms. The lowest BCUT2D eigenvalue weighted by Crippen LogP contribution is -2.35. The van der Waals surface area contributed by atoms with Gasteiger partial charge in [-0.15, -0.1) is 0 Å². The Morgan fingerprint density at radius 2 is 2.15 bits per heavy atom. The molecule has 3 rings (SSSR count). The van der Waals surface area contributed by atoms with Crippen LogP contribution < -0.4 is 0 Å². The van der Waals surface area contributed by atoms with Gasteiger partial charge in [0.05, 0.1) is 18.6 Å². The van der Waals surface area contributed by atoms with Crippen molar-refractivity contribution in [1.82, 2.24) is 14.1 Å². The van der Waals surface area contributed by atoms with Crippen molar-refractivity contribution in [2.75, 3.05) is 19.4 Å². The summed E-state index contributed by atoms with van der Waals surface area (Å²) >= 11 is 0. The Bertz CT molecular complexity index is 605. The van der Waals surface area contributed by atoms with Gasteiger partial charge in [-0.3, -0.25) is 4.68 Å². The van der Waals surface area contributed by atoms with Crippen LogP contribution in [-0.4, -0.2) is 41.9 Å². The summed E-state index contributed by atoms with van der Waals surface area (Å²) in [5.74, 6) is 0.724. The third-order valence-corrected chi connectivity index (χ3v) is 5.30. The highest BCUT2D eigenvalue weighted by Gasteiger charge is 2.28. The molecule has 1 aromatic heterocycles. The summed E-state index contributed by atoms with van der Waals surface area (Å²) in [6, 6.07) is 0. The number of nitrogens with zero attached hydrogens (tertiary/aromatic N) is 3. The third-order valence-electron chi connectivity index (χ3n) is 4.05. The van der Waals surface area contributed by atoms with E-state index in [1.807, 2.05) is 11.7 Å². The van der Waals surface area contributed by atoms with Gasteiger partial charge in [0.1, 0.15) is 0 Å². The highest BCUT2D eigenvalue weighted by molar-refractivity contribution is 7.88. The van der Waals surface area contributed by atoms with Gasteiger partial charge in [0.25, 0.3) is 0 Å². The highest BCUT2D eigenvalue weighted by Crippen LogP contribution is 2.29. The molecule has 112 valence electrons. The number of rotatable bonds is 5. The van der Waals surface area contributed by atoms with E-state index in [9.17, 15) is 8.42 Å². The molecule has 1 aromatic rings. The van der Waals surface area contributed by atoms with Crippen molar-refractivity contribution >= 4 is 10.0 Å². The second kappa shape index (κ2) is 5.13. The van der Waals surface area contributed by atoms with Gasteiger partial charge in [-0.05, 0) is 18.8 Å². The van der Waals surface area contributed by atoms with E-state index >= 15 is 0 Å². The van der Waals surface area contributed by atoms with Crippen LogP contribution in [0.3, 0.4) is 0 Å². The van der Waals surface area contributed by atoms with Gasteiger partial charge >= 0.3 is 0 Å². The van der Waals surface area contributed by atoms with E-state index in [2.05, 4.69) is 5.10 Å². The van der Waals surface area contributed by atoms with Gasteiger partial charge in [-0.1, -0.05) is 0 Å². The number of hydrogen-bond acceptors (Lipinski definition) is 4. The van der Waals surface area contributed by atoms with Gasteiger partial charge in [-0.25, -0.2) is 8.42 Å². The second-order valence-electron chi connectivity index (χ2n) is 5.80. The smallest absolute Gasteiger partial charge is 0.211 e. The first-order chi connectivity index (χ1) is 9.45. The minimum atomic E-state index is -3.14. The van der Waals surface area contributed by atoms with E-state index in [-0.39, 0.29) is 0 Å². The molecule has 0 amide bonds. The molecule has 1 aliphatic carbocycles. The lowest BCUT2D eigenvalue weighted by molar-refractivity contribution is 0.107. The van der Waals surface area contributed by atoms with Crippen LogP contribution in [0.1, 0.15) is 29.8 Å². The number of fused-ring (bicyclic) bond motifs is 1. The predicted octanol–water partition coefficient (Wildman–Crippen LogP) is 0.664. The standard InChI is InChI=1S/C13H21N3O3S/c1-15-13-5-6-16(20(2,17)18)7-11(13)12(14-15)9-19-8-10-3-4-10/h10H,3-9H2,1-2H3. The fourth-order valence-corrected chi connectivity index (χ4v) is 3.44. The summed E-state index contributed by atoms with van der Waals surface area (Å²) in [7, 11) is -1.23. The maximum Gasteiger partial charge on any atom is 0.211 e. The molecule has 0 saturated heterocycles. The normalized spacial score (nSPS) is 20.1. The van der Waals surface area contributed by atoms with Crippen LogP contribution in [0.5, 0.6) is 0 Å². The molecule has 6 nitrogen and oxygen atoms in total. The maximum absolute atomic E-state index is 11.7. The molecule has 0 atom stereocenters. The summed E-state index contributed by atoms with van der Waals surface area (Å²) in [4.78, 5) is 0. The molecule has 0 radical (unpaired) electrons. The van der Waals surface area contributed by atoms with Crippen molar-refractivity contribution in [3.05, 3.63) is 17.0 Å². The SMILES string of the molecule is Cn1nc(COCC2CC2)c2c1CCN(S(C)(=O)=O)C2. The summed E-state index contributed by atoms with van der Waals surface area (Å²) < 4.78 is 32.5. The van der Waals surface area contributed by atoms with E-state index in [1.165, 1.54) is 23.4 Å². The molecule has 0 unspecified atom stereocenters. The van der Waals surface area contributed by atoms with Gasteiger partial charge in [0, 0.05) is 44.4 Å². The zero-order valence-electron chi connectivity index (χ0n) is 12.0. The first kappa shape index (κ1) is 14.0. The van der Waals surface area contributed by atoms with Crippen LogP contribution in [0.2, 0.25) is 0 Å². The van der Waals surface area contributed by atoms with E-state index in [0.717, 1.165) is 29.5 Å². The minimum Gasteiger partial charge on any atom is -0.375 e. The van der Waals surface area contributed by atoms with Gasteiger partial charge < -0.3 is 4.74 Å². The Labute approximate surface area is 119 Å². The first-order valence-electron chi connectivity index (χ1n) is 7.01. The van der Waals surface area contributed by atoms with Crippen LogP contribution in [0.25, 0.3) is 0 Å². The number of ether oxygens (including phenoxy) is 1. The van der Waals surface area contributed by atoms with Crippen LogP contribution in [-0.2, 0) is 41.4 Å². The second-order valence-corrected chi connectivity index (χ2v) is 7.78. The lowest BCUT2D eigenvalue weighted by atomic mass is 10.1. The molecule has 1 fully saturated rings. The number of aromatic nitrogens is 2. The molecular weight excluding hydrogens is 278 g/mol. The molecule has 2 heterocycles. The van der Waals surface area contributed by atoms with E-state index in [4.69, 9.17) is 4.74 Å². The topological polar surface area (TPSA) is 64.4 Å². The van der Waals surface area contributed by atoms with Gasteiger partial charge in [0.15, 0.2) is 0 Å². The largest absolute Gasteiger partial charge is 0.375 e. The van der Waals surface area contributed by atoms with Crippen molar-refractivity contribution in [3.8, 4) is 0 Å². The Morgan fingerprint density at radius 1 is 1.40 bits per heavy atom. The number of aryl methyl sites for hydroxylation is 1. The summed E-state index contributed by atoms with van der Waals surface area (Å²) in [5.41, 5.74) is 3.05. The molecule has 2 aliphatic rings. The fourth-order valence-electron chi connectivity index (χ4n) is 2.65. The van der Waals surface area contributed by atoms with Gasteiger partial charge in [-0.2, -0.15) is 9.40 Å². The fraction of sp³-hybridized carbons (Fsp3) is 0.769. The molecule has 1 aliphatic heterocycles. The molecule has 1 saturated carbocycles. The molecule has 0 aromatic carbocycles. The predicted molar refractivity (Wildman–Crippen MR) is 74.5 cm³/mol. The summed E-state index contributed by atoms with van der Waals surface area (Å²) in [5, 5.41) is 4.50. The number of sulfonamides is 1. The van der Waals surface area contributed by atoms with Crippen molar-refractivity contribution in [2.24, 2.45) is 13.0 Å². The monoisotopic (exact) mass is 299 g/mol. The van der Waals surface area contributed by atoms with Crippen molar-refractivity contribution in [1.29, 1.82) is 0 Å². The lowest BCUT2D eigenvalue weighted by Gasteiger charge is -2.25. The van der Waals surface area contributed by atoms with E-state index in [0.29, 0.717) is 26.1 Å². The van der Waals surface area contributed by atoms with Crippen molar-refractivity contribution in [3.63, 3.8) is 0 Å². The third kappa shape index (κ3) is 2.89. The highest BCUT2D eigenvalue weighted by atomic mass is 32.2. The molecule has 20 heavy (non-hydrogen) atoms. The van der Waals surface area contributed by atoms with Crippen LogP contribution >= 0.6 is 0 Å². The maximum atomic E-state index is 11.7. The Hall–Kier alpha value is -0.920. The quantitative estimate of drug-likeness (QED) is 0.801. The minimum absolute atomic E-state index is 0.421. The Kier molecular flexibility index (Phi) is 3.60. The molecule has 7 heteroatoms. The molecule has 0 N–H and O–H groups in total. The zero-order valence-corrected chi connectivity index (χ0v) is 12.8. The zero-order chi connectivity index (χ0) is 14.3.